The predicted octanol–water partition coefficient (Wildman–Crippen LogP) is 1.76. The summed E-state index contributed by atoms with van der Waals surface area (Å²) in [5.74, 6) is 0.111. The van der Waals surface area contributed by atoms with Gasteiger partial charge in [0.25, 0.3) is 0 Å². The highest BCUT2D eigenvalue weighted by atomic mass is 16.5. The van der Waals surface area contributed by atoms with Gasteiger partial charge < -0.3 is 19.5 Å². The lowest BCUT2D eigenvalue weighted by Gasteiger charge is -2.33. The van der Waals surface area contributed by atoms with Gasteiger partial charge in [-0.15, -0.1) is 0 Å². The Morgan fingerprint density at radius 2 is 2.15 bits per heavy atom. The van der Waals surface area contributed by atoms with Gasteiger partial charge in [-0.05, 0) is 36.1 Å². The van der Waals surface area contributed by atoms with Gasteiger partial charge in [0.2, 0.25) is 5.91 Å². The molecular formula is C25H29N7O2. The van der Waals surface area contributed by atoms with Crippen LogP contribution in [-0.4, -0.2) is 70.7 Å². The minimum atomic E-state index is -0.0466. The van der Waals surface area contributed by atoms with Crippen molar-refractivity contribution in [2.24, 2.45) is 7.05 Å². The van der Waals surface area contributed by atoms with Gasteiger partial charge in [0.05, 0.1) is 30.5 Å². The SMILES string of the molecule is CC(=O)N1CCC2=C(C1)C(N1CCc3c(C#N)cc(-c4cnn(C)c4)cc31)NN2C1CCOC1. The molecule has 1 aromatic carbocycles. The van der Waals surface area contributed by atoms with E-state index in [4.69, 9.17) is 4.74 Å². The Morgan fingerprint density at radius 1 is 1.26 bits per heavy atom. The van der Waals surface area contributed by atoms with Crippen LogP contribution in [-0.2, 0) is 23.0 Å². The molecule has 1 fully saturated rings. The Kier molecular flexibility index (Phi) is 5.08. The first-order valence-corrected chi connectivity index (χ1v) is 12.0. The number of nitrogens with zero attached hydrogens (tertiary/aromatic N) is 6. The molecular weight excluding hydrogens is 430 g/mol. The van der Waals surface area contributed by atoms with Gasteiger partial charge in [-0.1, -0.05) is 0 Å². The third-order valence-corrected chi connectivity index (χ3v) is 7.56. The fourth-order valence-corrected chi connectivity index (χ4v) is 5.80. The van der Waals surface area contributed by atoms with Crippen molar-refractivity contribution in [3.63, 3.8) is 0 Å². The van der Waals surface area contributed by atoms with E-state index in [2.05, 4.69) is 32.6 Å². The van der Waals surface area contributed by atoms with Gasteiger partial charge in [-0.2, -0.15) is 10.4 Å². The normalized spacial score (nSPS) is 24.0. The maximum absolute atomic E-state index is 12.2. The molecule has 6 rings (SSSR count). The summed E-state index contributed by atoms with van der Waals surface area (Å²) < 4.78 is 7.48. The molecule has 0 aliphatic carbocycles. The van der Waals surface area contributed by atoms with E-state index in [1.54, 1.807) is 11.6 Å². The molecule has 0 saturated carbocycles. The van der Waals surface area contributed by atoms with Crippen LogP contribution >= 0.6 is 0 Å². The van der Waals surface area contributed by atoms with Crippen LogP contribution in [0.2, 0.25) is 0 Å². The van der Waals surface area contributed by atoms with Crippen LogP contribution in [0.5, 0.6) is 0 Å². The lowest BCUT2D eigenvalue weighted by molar-refractivity contribution is -0.128. The molecule has 4 aliphatic heterocycles. The number of hydrazine groups is 1. The molecule has 4 aliphatic rings. The monoisotopic (exact) mass is 459 g/mol. The van der Waals surface area contributed by atoms with Crippen LogP contribution in [0.3, 0.4) is 0 Å². The molecule has 5 heterocycles. The lowest BCUT2D eigenvalue weighted by atomic mass is 9.99. The van der Waals surface area contributed by atoms with Crippen molar-refractivity contribution in [1.82, 2.24) is 25.1 Å². The number of amides is 1. The number of ether oxygens (including phenoxy) is 1. The predicted molar refractivity (Wildman–Crippen MR) is 126 cm³/mol. The number of aromatic nitrogens is 2. The third kappa shape index (κ3) is 3.37. The molecule has 1 N–H and O–H groups in total. The van der Waals surface area contributed by atoms with Crippen molar-refractivity contribution < 1.29 is 9.53 Å². The van der Waals surface area contributed by atoms with Crippen molar-refractivity contribution in [3.8, 4) is 17.2 Å². The highest BCUT2D eigenvalue weighted by Gasteiger charge is 2.43. The van der Waals surface area contributed by atoms with Gasteiger partial charge in [0.1, 0.15) is 6.17 Å². The number of benzene rings is 1. The van der Waals surface area contributed by atoms with Crippen molar-refractivity contribution >= 4 is 11.6 Å². The molecule has 1 aromatic heterocycles. The number of nitrogens with one attached hydrogen (secondary N) is 1. The van der Waals surface area contributed by atoms with E-state index in [1.807, 2.05) is 30.4 Å². The summed E-state index contributed by atoms with van der Waals surface area (Å²) in [5.41, 5.74) is 11.3. The maximum atomic E-state index is 12.2. The highest BCUT2D eigenvalue weighted by Crippen LogP contribution is 2.41. The summed E-state index contributed by atoms with van der Waals surface area (Å²) in [6, 6.07) is 6.89. The third-order valence-electron chi connectivity index (χ3n) is 7.56. The minimum Gasteiger partial charge on any atom is -0.379 e. The van der Waals surface area contributed by atoms with Crippen LogP contribution in [0.1, 0.15) is 30.9 Å². The summed E-state index contributed by atoms with van der Waals surface area (Å²) >= 11 is 0. The van der Waals surface area contributed by atoms with Crippen LogP contribution in [0.25, 0.3) is 11.1 Å². The summed E-state index contributed by atoms with van der Waals surface area (Å²) in [4.78, 5) is 16.5. The number of aryl methyl sites for hydroxylation is 1. The smallest absolute Gasteiger partial charge is 0.219 e. The van der Waals surface area contributed by atoms with Gasteiger partial charge in [-0.25, -0.2) is 5.43 Å². The summed E-state index contributed by atoms with van der Waals surface area (Å²) in [7, 11) is 1.90. The lowest BCUT2D eigenvalue weighted by Crippen LogP contribution is -2.51. The molecule has 176 valence electrons. The van der Waals surface area contributed by atoms with Crippen molar-refractivity contribution in [1.29, 1.82) is 5.26 Å². The number of anilines is 1. The van der Waals surface area contributed by atoms with E-state index < -0.39 is 0 Å². The second-order valence-electron chi connectivity index (χ2n) is 9.56. The molecule has 2 aromatic rings. The van der Waals surface area contributed by atoms with E-state index >= 15 is 0 Å². The highest BCUT2D eigenvalue weighted by molar-refractivity contribution is 5.76. The fourth-order valence-electron chi connectivity index (χ4n) is 5.80. The van der Waals surface area contributed by atoms with Gasteiger partial charge in [0, 0.05) is 75.4 Å². The quantitative estimate of drug-likeness (QED) is 0.748. The molecule has 9 heteroatoms. The Bertz CT molecular complexity index is 1220. The number of hydrogen-bond acceptors (Lipinski definition) is 7. The molecule has 2 atom stereocenters. The molecule has 1 amide bonds. The van der Waals surface area contributed by atoms with Crippen LogP contribution in [0.15, 0.2) is 35.8 Å². The zero-order chi connectivity index (χ0) is 23.4. The maximum Gasteiger partial charge on any atom is 0.219 e. The number of hydrogen-bond donors (Lipinski definition) is 1. The number of rotatable bonds is 3. The minimum absolute atomic E-state index is 0.0466. The van der Waals surface area contributed by atoms with Crippen molar-refractivity contribution in [2.75, 3.05) is 37.7 Å². The second kappa shape index (κ2) is 8.15. The topological polar surface area (TPSA) is 89.7 Å². The average Bonchev–Trinajstić information content (AvgIpc) is 3.63. The number of fused-ring (bicyclic) bond motifs is 1. The number of carbonyl (C=O) groups excluding carboxylic acids is 1. The van der Waals surface area contributed by atoms with E-state index in [0.29, 0.717) is 19.2 Å². The first-order chi connectivity index (χ1) is 16.5. The van der Waals surface area contributed by atoms with E-state index in [-0.39, 0.29) is 12.1 Å². The zero-order valence-corrected chi connectivity index (χ0v) is 19.6. The van der Waals surface area contributed by atoms with E-state index in [9.17, 15) is 10.1 Å². The Balaban J connectivity index is 1.40. The largest absolute Gasteiger partial charge is 0.379 e. The Hall–Kier alpha value is -3.35. The summed E-state index contributed by atoms with van der Waals surface area (Å²) in [6.45, 7) is 5.34. The second-order valence-corrected chi connectivity index (χ2v) is 9.56. The van der Waals surface area contributed by atoms with E-state index in [1.165, 1.54) is 11.3 Å². The summed E-state index contributed by atoms with van der Waals surface area (Å²) in [5, 5.41) is 16.6. The molecule has 0 radical (unpaired) electrons. The first-order valence-electron chi connectivity index (χ1n) is 12.0. The molecule has 0 bridgehead atoms. The molecule has 2 unspecified atom stereocenters. The zero-order valence-electron chi connectivity index (χ0n) is 19.6. The van der Waals surface area contributed by atoms with Gasteiger partial charge in [-0.3, -0.25) is 9.48 Å². The average molecular weight is 460 g/mol. The molecule has 9 nitrogen and oxygen atoms in total. The Labute approximate surface area is 199 Å². The standard InChI is InChI=1S/C25H29N7O2/c1-16(33)30-6-4-23-22(14-30)25(28-32(23)20-5-8-34-15-20)31-7-3-21-18(11-26)9-17(10-24(21)31)19-12-27-29(2)13-19/h9-10,12-13,20,25,28H,3-8,14-15H2,1-2H3. The van der Waals surface area contributed by atoms with Crippen LogP contribution in [0.4, 0.5) is 5.69 Å². The number of carbonyl (C=O) groups is 1. The van der Waals surface area contributed by atoms with E-state index in [0.717, 1.165) is 66.9 Å². The van der Waals surface area contributed by atoms with Gasteiger partial charge in [0.15, 0.2) is 0 Å². The fraction of sp³-hybridized carbons (Fsp3) is 0.480. The van der Waals surface area contributed by atoms with Crippen LogP contribution in [0, 0.1) is 11.3 Å². The van der Waals surface area contributed by atoms with Crippen molar-refractivity contribution in [3.05, 3.63) is 46.9 Å². The molecule has 34 heavy (non-hydrogen) atoms. The first kappa shape index (κ1) is 21.2. The molecule has 1 saturated heterocycles. The van der Waals surface area contributed by atoms with Crippen molar-refractivity contribution in [2.45, 2.75) is 38.4 Å². The number of nitriles is 1. The molecule has 0 spiro atoms. The Morgan fingerprint density at radius 3 is 2.85 bits per heavy atom. The summed E-state index contributed by atoms with van der Waals surface area (Å²) in [6.07, 6.45) is 6.43. The van der Waals surface area contributed by atoms with Crippen LogP contribution < -0.4 is 10.3 Å². The van der Waals surface area contributed by atoms with Gasteiger partial charge >= 0.3 is 0 Å².